The van der Waals surface area contributed by atoms with E-state index in [1.165, 1.54) is 11.9 Å². The Morgan fingerprint density at radius 2 is 1.92 bits per heavy atom. The minimum atomic E-state index is -3.66. The second kappa shape index (κ2) is 6.95. The SMILES string of the molecule is Cc1ccc(N(CC(=O)N(C)C2CCS(=O)(=O)C2)S(C)(=O)=O)c(C)c1. The van der Waals surface area contributed by atoms with Crippen LogP contribution in [0.15, 0.2) is 18.2 Å². The van der Waals surface area contributed by atoms with Crippen molar-refractivity contribution in [1.29, 1.82) is 0 Å². The molecule has 1 atom stereocenters. The molecule has 25 heavy (non-hydrogen) atoms. The van der Waals surface area contributed by atoms with Gasteiger partial charge in [0.15, 0.2) is 9.84 Å². The zero-order valence-electron chi connectivity index (χ0n) is 14.9. The molecule has 1 aromatic rings. The van der Waals surface area contributed by atoms with E-state index < -0.39 is 31.8 Å². The van der Waals surface area contributed by atoms with Crippen molar-refractivity contribution in [2.75, 3.05) is 35.7 Å². The fourth-order valence-electron chi connectivity index (χ4n) is 2.99. The molecule has 9 heteroatoms. The van der Waals surface area contributed by atoms with Gasteiger partial charge in [-0.3, -0.25) is 9.10 Å². The molecule has 1 aliphatic rings. The summed E-state index contributed by atoms with van der Waals surface area (Å²) in [7, 11) is -5.26. The van der Waals surface area contributed by atoms with Crippen LogP contribution in [0.1, 0.15) is 17.5 Å². The summed E-state index contributed by atoms with van der Waals surface area (Å²) in [6, 6.07) is 4.92. The first-order chi connectivity index (χ1) is 11.4. The minimum Gasteiger partial charge on any atom is -0.340 e. The van der Waals surface area contributed by atoms with Crippen LogP contribution in [0.5, 0.6) is 0 Å². The molecule has 7 nitrogen and oxygen atoms in total. The van der Waals surface area contributed by atoms with Crippen LogP contribution < -0.4 is 4.31 Å². The Kier molecular flexibility index (Phi) is 5.48. The molecule has 1 saturated heterocycles. The van der Waals surface area contributed by atoms with Crippen LogP contribution in [0, 0.1) is 13.8 Å². The Morgan fingerprint density at radius 3 is 2.40 bits per heavy atom. The van der Waals surface area contributed by atoms with Crippen molar-refractivity contribution in [2.45, 2.75) is 26.3 Å². The highest BCUT2D eigenvalue weighted by Gasteiger charge is 2.34. The van der Waals surface area contributed by atoms with Crippen LogP contribution >= 0.6 is 0 Å². The van der Waals surface area contributed by atoms with E-state index in [2.05, 4.69) is 0 Å². The summed E-state index contributed by atoms with van der Waals surface area (Å²) in [5.74, 6) is -0.438. The second-order valence-electron chi connectivity index (χ2n) is 6.62. The van der Waals surface area contributed by atoms with Crippen molar-refractivity contribution in [2.24, 2.45) is 0 Å². The van der Waals surface area contributed by atoms with Gasteiger partial charge in [0.05, 0.1) is 23.4 Å². The molecule has 0 spiro atoms. The Bertz CT molecular complexity index is 878. The third-order valence-corrected chi connectivity index (χ3v) is 7.33. The van der Waals surface area contributed by atoms with E-state index >= 15 is 0 Å². The monoisotopic (exact) mass is 388 g/mol. The molecular formula is C16H24N2O5S2. The van der Waals surface area contributed by atoms with E-state index in [1.54, 1.807) is 19.1 Å². The molecule has 140 valence electrons. The average molecular weight is 389 g/mol. The fraction of sp³-hybridized carbons (Fsp3) is 0.562. The zero-order chi connectivity index (χ0) is 19.0. The number of carbonyl (C=O) groups excluding carboxylic acids is 1. The number of hydrogen-bond acceptors (Lipinski definition) is 5. The van der Waals surface area contributed by atoms with Crippen molar-refractivity contribution in [3.8, 4) is 0 Å². The van der Waals surface area contributed by atoms with Crippen molar-refractivity contribution in [1.82, 2.24) is 4.90 Å². The maximum atomic E-state index is 12.6. The van der Waals surface area contributed by atoms with E-state index in [4.69, 9.17) is 0 Å². The molecule has 1 aromatic carbocycles. The summed E-state index contributed by atoms with van der Waals surface area (Å²) in [5.41, 5.74) is 2.20. The quantitative estimate of drug-likeness (QED) is 0.741. The molecule has 1 aliphatic heterocycles. The first-order valence-electron chi connectivity index (χ1n) is 7.92. The Balaban J connectivity index is 2.24. The number of amides is 1. The van der Waals surface area contributed by atoms with Gasteiger partial charge in [0.1, 0.15) is 6.54 Å². The average Bonchev–Trinajstić information content (AvgIpc) is 2.83. The summed E-state index contributed by atoms with van der Waals surface area (Å²) >= 11 is 0. The predicted molar refractivity (Wildman–Crippen MR) is 97.9 cm³/mol. The lowest BCUT2D eigenvalue weighted by atomic mass is 10.1. The number of benzene rings is 1. The second-order valence-corrected chi connectivity index (χ2v) is 10.8. The summed E-state index contributed by atoms with van der Waals surface area (Å²) < 4.78 is 48.7. The molecule has 1 fully saturated rings. The lowest BCUT2D eigenvalue weighted by molar-refractivity contribution is -0.129. The van der Waals surface area contributed by atoms with Gasteiger partial charge in [-0.15, -0.1) is 0 Å². The van der Waals surface area contributed by atoms with Crippen LogP contribution in [-0.4, -0.2) is 65.0 Å². The van der Waals surface area contributed by atoms with E-state index in [9.17, 15) is 21.6 Å². The molecule has 1 heterocycles. The van der Waals surface area contributed by atoms with Gasteiger partial charge in [0, 0.05) is 13.1 Å². The summed E-state index contributed by atoms with van der Waals surface area (Å²) in [6.45, 7) is 3.34. The lowest BCUT2D eigenvalue weighted by Crippen LogP contribution is -2.45. The molecule has 0 radical (unpaired) electrons. The van der Waals surface area contributed by atoms with Gasteiger partial charge in [-0.1, -0.05) is 17.7 Å². The number of likely N-dealkylation sites (N-methyl/N-ethyl adjacent to an activating group) is 1. The van der Waals surface area contributed by atoms with Gasteiger partial charge in [0.2, 0.25) is 15.9 Å². The van der Waals surface area contributed by atoms with Crippen LogP contribution in [-0.2, 0) is 24.7 Å². The van der Waals surface area contributed by atoms with Gasteiger partial charge in [0.25, 0.3) is 0 Å². The van der Waals surface area contributed by atoms with E-state index in [-0.39, 0.29) is 18.1 Å². The van der Waals surface area contributed by atoms with Crippen LogP contribution in [0.4, 0.5) is 5.69 Å². The van der Waals surface area contributed by atoms with Crippen molar-refractivity contribution in [3.63, 3.8) is 0 Å². The van der Waals surface area contributed by atoms with Gasteiger partial charge in [-0.05, 0) is 31.9 Å². The van der Waals surface area contributed by atoms with Crippen molar-refractivity contribution in [3.05, 3.63) is 29.3 Å². The maximum Gasteiger partial charge on any atom is 0.243 e. The van der Waals surface area contributed by atoms with E-state index in [1.807, 2.05) is 13.0 Å². The maximum absolute atomic E-state index is 12.6. The normalized spacial score (nSPS) is 19.6. The van der Waals surface area contributed by atoms with Crippen molar-refractivity contribution < 1.29 is 21.6 Å². The zero-order valence-corrected chi connectivity index (χ0v) is 16.5. The number of sulfonamides is 1. The number of carbonyl (C=O) groups is 1. The first kappa shape index (κ1) is 19.7. The van der Waals surface area contributed by atoms with Gasteiger partial charge in [-0.2, -0.15) is 0 Å². The molecule has 0 N–H and O–H groups in total. The van der Waals surface area contributed by atoms with Crippen LogP contribution in [0.3, 0.4) is 0 Å². The smallest absolute Gasteiger partial charge is 0.243 e. The molecule has 0 aliphatic carbocycles. The molecule has 0 bridgehead atoms. The van der Waals surface area contributed by atoms with E-state index in [0.29, 0.717) is 12.1 Å². The van der Waals surface area contributed by atoms with Crippen LogP contribution in [0.2, 0.25) is 0 Å². The topological polar surface area (TPSA) is 91.8 Å². The highest BCUT2D eigenvalue weighted by atomic mass is 32.2. The highest BCUT2D eigenvalue weighted by molar-refractivity contribution is 7.92. The number of nitrogens with zero attached hydrogens (tertiary/aromatic N) is 2. The fourth-order valence-corrected chi connectivity index (χ4v) is 5.67. The molecule has 1 amide bonds. The molecular weight excluding hydrogens is 364 g/mol. The number of rotatable bonds is 5. The molecule has 0 saturated carbocycles. The summed E-state index contributed by atoms with van der Waals surface area (Å²) in [6.07, 6.45) is 1.44. The Labute approximate surface area is 149 Å². The van der Waals surface area contributed by atoms with Gasteiger partial charge < -0.3 is 4.90 Å². The number of aryl methyl sites for hydroxylation is 2. The third-order valence-electron chi connectivity index (χ3n) is 4.45. The van der Waals surface area contributed by atoms with E-state index in [0.717, 1.165) is 21.7 Å². The third kappa shape index (κ3) is 4.72. The van der Waals surface area contributed by atoms with Crippen molar-refractivity contribution >= 4 is 31.5 Å². The number of anilines is 1. The Hall–Kier alpha value is -1.61. The van der Waals surface area contributed by atoms with Gasteiger partial charge >= 0.3 is 0 Å². The summed E-state index contributed by atoms with van der Waals surface area (Å²) in [4.78, 5) is 13.9. The number of hydrogen-bond donors (Lipinski definition) is 0. The molecule has 2 rings (SSSR count). The van der Waals surface area contributed by atoms with Crippen LogP contribution in [0.25, 0.3) is 0 Å². The van der Waals surface area contributed by atoms with Gasteiger partial charge in [-0.25, -0.2) is 16.8 Å². The predicted octanol–water partition coefficient (Wildman–Crippen LogP) is 0.715. The summed E-state index contributed by atoms with van der Waals surface area (Å²) in [5, 5.41) is 0. The minimum absolute atomic E-state index is 0.0577. The molecule has 1 unspecified atom stereocenters. The lowest BCUT2D eigenvalue weighted by Gasteiger charge is -2.29. The first-order valence-corrected chi connectivity index (χ1v) is 11.6. The highest BCUT2D eigenvalue weighted by Crippen LogP contribution is 2.24. The molecule has 0 aromatic heterocycles. The Morgan fingerprint density at radius 1 is 1.28 bits per heavy atom. The number of sulfone groups is 1. The largest absolute Gasteiger partial charge is 0.340 e. The standard InChI is InChI=1S/C16H24N2O5S2/c1-12-5-6-15(13(2)9-12)18(24(4,20)21)10-16(19)17(3)14-7-8-25(22,23)11-14/h5-6,9,14H,7-8,10-11H2,1-4H3.